The van der Waals surface area contributed by atoms with Crippen LogP contribution in [-0.2, 0) is 10.3 Å². The number of hydrogen-bond acceptors (Lipinski definition) is 6. The van der Waals surface area contributed by atoms with Gasteiger partial charge < -0.3 is 20.2 Å². The standard InChI is InChI=1S/C27H35NO6/c1-16(2)21-4-3-17(13-29)6-22(21)25-23(30)7-20(8-24(25)31)27-11-18-5-19(12-27)10-26(9-18,14-27)15-34-28(32)33/h6-8,18-19,21-22,29-31H,1,3-5,9-15H2,2H3/t18?,19?,21-,22+,26?,27?/m1/s1. The zero-order valence-electron chi connectivity index (χ0n) is 19.8. The van der Waals surface area contributed by atoms with E-state index in [1.165, 1.54) is 0 Å². The van der Waals surface area contributed by atoms with Crippen LogP contribution in [0.25, 0.3) is 0 Å². The van der Waals surface area contributed by atoms with Crippen LogP contribution >= 0.6 is 0 Å². The zero-order chi connectivity index (χ0) is 24.3. The summed E-state index contributed by atoms with van der Waals surface area (Å²) in [5.41, 5.74) is 2.92. The van der Waals surface area contributed by atoms with Crippen molar-refractivity contribution in [1.29, 1.82) is 0 Å². The van der Waals surface area contributed by atoms with Crippen molar-refractivity contribution in [3.8, 4) is 11.5 Å². The first-order valence-corrected chi connectivity index (χ1v) is 12.4. The van der Waals surface area contributed by atoms with Crippen LogP contribution in [0.2, 0.25) is 0 Å². The molecule has 1 aromatic rings. The number of phenols is 2. The Bertz CT molecular complexity index is 1010. The number of phenolic OH excluding ortho intramolecular Hbond substituents is 2. The maximum atomic E-state index is 11.2. The minimum atomic E-state index is -0.686. The monoisotopic (exact) mass is 469 g/mol. The van der Waals surface area contributed by atoms with Crippen molar-refractivity contribution in [3.63, 3.8) is 0 Å². The predicted octanol–water partition coefficient (Wildman–Crippen LogP) is 5.13. The third-order valence-electron chi connectivity index (χ3n) is 9.20. The molecular weight excluding hydrogens is 434 g/mol. The van der Waals surface area contributed by atoms with Gasteiger partial charge in [0.25, 0.3) is 5.09 Å². The summed E-state index contributed by atoms with van der Waals surface area (Å²) in [7, 11) is 0. The number of rotatable bonds is 7. The molecule has 0 amide bonds. The van der Waals surface area contributed by atoms with Gasteiger partial charge in [-0.3, -0.25) is 0 Å². The van der Waals surface area contributed by atoms with Gasteiger partial charge in [0.1, 0.15) is 18.1 Å². The molecule has 7 nitrogen and oxygen atoms in total. The molecule has 4 atom stereocenters. The average Bonchev–Trinajstić information content (AvgIpc) is 2.76. The van der Waals surface area contributed by atoms with E-state index in [4.69, 9.17) is 4.84 Å². The van der Waals surface area contributed by atoms with Gasteiger partial charge in [-0.15, -0.1) is 10.1 Å². The summed E-state index contributed by atoms with van der Waals surface area (Å²) < 4.78 is 0. The van der Waals surface area contributed by atoms with Gasteiger partial charge in [0.2, 0.25) is 0 Å². The Kier molecular flexibility index (Phi) is 5.66. The van der Waals surface area contributed by atoms with E-state index >= 15 is 0 Å². The summed E-state index contributed by atoms with van der Waals surface area (Å²) in [4.78, 5) is 15.8. The van der Waals surface area contributed by atoms with Crippen LogP contribution in [0.3, 0.4) is 0 Å². The van der Waals surface area contributed by atoms with Crippen molar-refractivity contribution in [1.82, 2.24) is 0 Å². The Hall–Kier alpha value is -2.54. The van der Waals surface area contributed by atoms with E-state index in [2.05, 4.69) is 6.58 Å². The topological polar surface area (TPSA) is 113 Å². The molecule has 0 aromatic heterocycles. The van der Waals surface area contributed by atoms with Gasteiger partial charge in [0.05, 0.1) is 6.61 Å². The van der Waals surface area contributed by atoms with E-state index in [0.717, 1.165) is 68.1 Å². The lowest BCUT2D eigenvalue weighted by atomic mass is 9.43. The molecule has 7 heteroatoms. The highest BCUT2D eigenvalue weighted by atomic mass is 16.9. The maximum absolute atomic E-state index is 11.2. The summed E-state index contributed by atoms with van der Waals surface area (Å²) >= 11 is 0. The second-order valence-electron chi connectivity index (χ2n) is 11.7. The molecule has 0 spiro atoms. The molecule has 1 aromatic carbocycles. The predicted molar refractivity (Wildman–Crippen MR) is 127 cm³/mol. The fraction of sp³-hybridized carbons (Fsp3) is 0.630. The minimum Gasteiger partial charge on any atom is -0.507 e. The van der Waals surface area contributed by atoms with Crippen LogP contribution in [0.5, 0.6) is 11.5 Å². The Morgan fingerprint density at radius 3 is 2.41 bits per heavy atom. The summed E-state index contributed by atoms with van der Waals surface area (Å²) in [6.07, 6.45) is 9.37. The number of benzene rings is 1. The molecule has 4 fully saturated rings. The van der Waals surface area contributed by atoms with Crippen molar-refractivity contribution in [3.05, 3.63) is 57.2 Å². The van der Waals surface area contributed by atoms with Crippen molar-refractivity contribution >= 4 is 0 Å². The lowest BCUT2D eigenvalue weighted by molar-refractivity contribution is -0.761. The molecule has 0 heterocycles. The normalized spacial score (nSPS) is 36.2. The summed E-state index contributed by atoms with van der Waals surface area (Å²) in [6.45, 7) is 6.20. The van der Waals surface area contributed by atoms with Crippen molar-refractivity contribution in [2.75, 3.05) is 13.2 Å². The molecule has 0 radical (unpaired) electrons. The van der Waals surface area contributed by atoms with Crippen LogP contribution in [0.1, 0.15) is 75.3 Å². The Labute approximate surface area is 200 Å². The van der Waals surface area contributed by atoms with E-state index in [0.29, 0.717) is 17.4 Å². The second kappa shape index (κ2) is 8.29. The highest BCUT2D eigenvalue weighted by Gasteiger charge is 2.58. The summed E-state index contributed by atoms with van der Waals surface area (Å²) in [6, 6.07) is 3.64. The number of aliphatic hydroxyl groups excluding tert-OH is 1. The molecule has 34 heavy (non-hydrogen) atoms. The first-order valence-electron chi connectivity index (χ1n) is 12.4. The quantitative estimate of drug-likeness (QED) is 0.290. The van der Waals surface area contributed by atoms with E-state index in [-0.39, 0.29) is 47.4 Å². The summed E-state index contributed by atoms with van der Waals surface area (Å²) in [5.74, 6) is 0.975. The average molecular weight is 470 g/mol. The number of aromatic hydroxyl groups is 2. The van der Waals surface area contributed by atoms with E-state index in [9.17, 15) is 25.4 Å². The molecule has 2 unspecified atom stereocenters. The number of aliphatic hydroxyl groups is 1. The Morgan fingerprint density at radius 2 is 1.85 bits per heavy atom. The van der Waals surface area contributed by atoms with Gasteiger partial charge in [0.15, 0.2) is 0 Å². The van der Waals surface area contributed by atoms with E-state index < -0.39 is 5.09 Å². The van der Waals surface area contributed by atoms with Crippen molar-refractivity contribution in [2.45, 2.75) is 69.6 Å². The number of allylic oxidation sites excluding steroid dienone is 2. The first-order chi connectivity index (χ1) is 16.1. The van der Waals surface area contributed by atoms with Gasteiger partial charge in [0, 0.05) is 11.5 Å². The van der Waals surface area contributed by atoms with Gasteiger partial charge in [-0.05, 0) is 110 Å². The molecule has 5 aliphatic carbocycles. The molecule has 4 bridgehead atoms. The Balaban J connectivity index is 1.51. The molecule has 0 saturated heterocycles. The minimum absolute atomic E-state index is 0.0286. The van der Waals surface area contributed by atoms with Crippen LogP contribution in [0.4, 0.5) is 0 Å². The number of hydrogen-bond donors (Lipinski definition) is 3. The van der Waals surface area contributed by atoms with E-state index in [1.54, 1.807) is 0 Å². The second-order valence-corrected chi connectivity index (χ2v) is 11.7. The third kappa shape index (κ3) is 3.88. The van der Waals surface area contributed by atoms with Gasteiger partial charge in [-0.2, -0.15) is 0 Å². The summed E-state index contributed by atoms with van der Waals surface area (Å²) in [5, 5.41) is 42.4. The molecular formula is C27H35NO6. The fourth-order valence-corrected chi connectivity index (χ4v) is 8.36. The highest BCUT2D eigenvalue weighted by molar-refractivity contribution is 5.54. The van der Waals surface area contributed by atoms with Gasteiger partial charge >= 0.3 is 0 Å². The lowest BCUT2D eigenvalue weighted by Crippen LogP contribution is -2.55. The van der Waals surface area contributed by atoms with Gasteiger partial charge in [-0.25, -0.2) is 0 Å². The third-order valence-corrected chi connectivity index (χ3v) is 9.20. The van der Waals surface area contributed by atoms with Crippen molar-refractivity contribution in [2.24, 2.45) is 23.2 Å². The van der Waals surface area contributed by atoms with Crippen LogP contribution in [0.15, 0.2) is 35.9 Å². The van der Waals surface area contributed by atoms with Crippen LogP contribution in [0, 0.1) is 33.3 Å². The lowest BCUT2D eigenvalue weighted by Gasteiger charge is -2.62. The molecule has 4 saturated carbocycles. The Morgan fingerprint density at radius 1 is 1.21 bits per heavy atom. The van der Waals surface area contributed by atoms with Crippen molar-refractivity contribution < 1.29 is 25.2 Å². The molecule has 184 valence electrons. The van der Waals surface area contributed by atoms with Crippen LogP contribution < -0.4 is 0 Å². The fourth-order valence-electron chi connectivity index (χ4n) is 8.36. The molecule has 5 aliphatic rings. The van der Waals surface area contributed by atoms with Crippen LogP contribution in [-0.4, -0.2) is 33.6 Å². The molecule has 6 rings (SSSR count). The van der Waals surface area contributed by atoms with Gasteiger partial charge in [-0.1, -0.05) is 18.2 Å². The zero-order valence-corrected chi connectivity index (χ0v) is 19.8. The molecule has 0 aliphatic heterocycles. The van der Waals surface area contributed by atoms with E-state index in [1.807, 2.05) is 25.1 Å². The first kappa shape index (κ1) is 23.2. The maximum Gasteiger partial charge on any atom is 0.294 e. The highest BCUT2D eigenvalue weighted by Crippen LogP contribution is 2.66. The molecule has 3 N–H and O–H groups in total. The number of nitrogens with zero attached hydrogens (tertiary/aromatic N) is 1. The smallest absolute Gasteiger partial charge is 0.294 e. The largest absolute Gasteiger partial charge is 0.507 e. The SMILES string of the molecule is C=C(C)[C@H]1CCC(CO)=C[C@@H]1c1c(O)cc(C23CC4CC(CC(CO[N+](=O)[O-])(C4)C2)C3)cc1O.